The number of guanidine groups is 1. The molecule has 25 heavy (non-hydrogen) atoms. The molecule has 2 aromatic rings. The number of halogens is 2. The minimum absolute atomic E-state index is 0.00186. The fourth-order valence-electron chi connectivity index (χ4n) is 2.55. The van der Waals surface area contributed by atoms with E-state index < -0.39 is 11.9 Å². The predicted octanol–water partition coefficient (Wildman–Crippen LogP) is 3.19. The van der Waals surface area contributed by atoms with E-state index in [0.717, 1.165) is 4.90 Å². The average Bonchev–Trinajstić information content (AvgIpc) is 2.61. The Kier molecular flexibility index (Phi) is 4.63. The van der Waals surface area contributed by atoms with Crippen LogP contribution in [-0.4, -0.2) is 31.4 Å². The number of rotatable bonds is 3. The molecule has 0 fully saturated rings. The average molecular weight is 408 g/mol. The van der Waals surface area contributed by atoms with E-state index in [2.05, 4.69) is 20.9 Å². The van der Waals surface area contributed by atoms with Gasteiger partial charge in [0.2, 0.25) is 6.41 Å². The first-order valence-corrected chi connectivity index (χ1v) is 8.10. The number of hydrogen-bond acceptors (Lipinski definition) is 4. The largest absolute Gasteiger partial charge is 0.497 e. The number of benzene rings is 2. The maximum Gasteiger partial charge on any atom is 0.216 e. The topological polar surface area (TPSA) is 77.2 Å². The molecule has 0 aliphatic carbocycles. The van der Waals surface area contributed by atoms with Gasteiger partial charge in [0.1, 0.15) is 17.5 Å². The van der Waals surface area contributed by atoms with Gasteiger partial charge in [-0.05, 0) is 30.3 Å². The molecule has 0 spiro atoms. The Balaban J connectivity index is 2.22. The van der Waals surface area contributed by atoms with E-state index >= 15 is 0 Å². The third-order valence-electron chi connectivity index (χ3n) is 3.84. The van der Waals surface area contributed by atoms with Crippen LogP contribution in [0.3, 0.4) is 0 Å². The zero-order valence-corrected chi connectivity index (χ0v) is 15.1. The highest BCUT2D eigenvalue weighted by Crippen LogP contribution is 2.47. The van der Waals surface area contributed by atoms with Gasteiger partial charge in [-0.3, -0.25) is 9.69 Å². The molecule has 1 aliphatic heterocycles. The molecule has 1 unspecified atom stereocenters. The van der Waals surface area contributed by atoms with Crippen molar-refractivity contribution in [3.05, 3.63) is 51.7 Å². The van der Waals surface area contributed by atoms with Crippen LogP contribution in [-0.2, 0) is 4.79 Å². The van der Waals surface area contributed by atoms with Gasteiger partial charge in [-0.15, -0.1) is 0 Å². The quantitative estimate of drug-likeness (QED) is 0.481. The van der Waals surface area contributed by atoms with Crippen LogP contribution in [0.5, 0.6) is 17.2 Å². The van der Waals surface area contributed by atoms with Crippen molar-refractivity contribution in [3.63, 3.8) is 0 Å². The fraction of sp³-hybridized carbons (Fsp3) is 0.176. The Labute approximate surface area is 152 Å². The van der Waals surface area contributed by atoms with Crippen LogP contribution in [0.4, 0.5) is 4.39 Å². The SMILES string of the molecule is COc1ccc2c(c1)C(/N=C(/N)N(C)C=O)c1cc(Br)cc(F)c1O2. The van der Waals surface area contributed by atoms with Crippen LogP contribution >= 0.6 is 15.9 Å². The molecular weight excluding hydrogens is 393 g/mol. The van der Waals surface area contributed by atoms with Gasteiger partial charge in [-0.25, -0.2) is 9.38 Å². The number of carbonyl (C=O) groups is 1. The van der Waals surface area contributed by atoms with Gasteiger partial charge in [-0.1, -0.05) is 15.9 Å². The molecule has 1 atom stereocenters. The fourth-order valence-corrected chi connectivity index (χ4v) is 2.99. The summed E-state index contributed by atoms with van der Waals surface area (Å²) in [4.78, 5) is 16.5. The van der Waals surface area contributed by atoms with E-state index in [0.29, 0.717) is 33.5 Å². The maximum absolute atomic E-state index is 14.4. The number of nitrogens with two attached hydrogens (primary N) is 1. The summed E-state index contributed by atoms with van der Waals surface area (Å²) >= 11 is 3.28. The monoisotopic (exact) mass is 407 g/mol. The molecule has 130 valence electrons. The number of hydrogen-bond donors (Lipinski definition) is 1. The van der Waals surface area contributed by atoms with Crippen molar-refractivity contribution in [2.75, 3.05) is 14.2 Å². The second-order valence-electron chi connectivity index (χ2n) is 5.42. The van der Waals surface area contributed by atoms with Crippen LogP contribution in [0.15, 0.2) is 39.8 Å². The van der Waals surface area contributed by atoms with Gasteiger partial charge < -0.3 is 15.2 Å². The summed E-state index contributed by atoms with van der Waals surface area (Å²) < 4.78 is 25.9. The number of fused-ring (bicyclic) bond motifs is 2. The number of methoxy groups -OCH3 is 1. The minimum Gasteiger partial charge on any atom is -0.497 e. The maximum atomic E-state index is 14.4. The Bertz CT molecular complexity index is 872. The van der Waals surface area contributed by atoms with E-state index in [1.54, 1.807) is 31.4 Å². The lowest BCUT2D eigenvalue weighted by Crippen LogP contribution is -2.33. The van der Waals surface area contributed by atoms with Crippen molar-refractivity contribution in [2.45, 2.75) is 6.04 Å². The summed E-state index contributed by atoms with van der Waals surface area (Å²) in [7, 11) is 3.03. The van der Waals surface area contributed by atoms with Crippen LogP contribution in [0.25, 0.3) is 0 Å². The van der Waals surface area contributed by atoms with E-state index in [4.69, 9.17) is 15.2 Å². The van der Waals surface area contributed by atoms with Crippen molar-refractivity contribution in [1.29, 1.82) is 0 Å². The summed E-state index contributed by atoms with van der Waals surface area (Å²) in [6.07, 6.45) is 0.549. The molecule has 0 radical (unpaired) electrons. The number of aliphatic imine (C=N–C) groups is 1. The molecule has 1 heterocycles. The lowest BCUT2D eigenvalue weighted by Gasteiger charge is -2.27. The summed E-state index contributed by atoms with van der Waals surface area (Å²) in [5, 5.41) is 0. The highest BCUT2D eigenvalue weighted by molar-refractivity contribution is 9.10. The zero-order chi connectivity index (χ0) is 18.1. The third-order valence-corrected chi connectivity index (χ3v) is 4.29. The Hall–Kier alpha value is -2.61. The Morgan fingerprint density at radius 2 is 2.16 bits per heavy atom. The first-order valence-electron chi connectivity index (χ1n) is 7.30. The smallest absolute Gasteiger partial charge is 0.216 e. The van der Waals surface area contributed by atoms with E-state index in [1.165, 1.54) is 13.1 Å². The number of amides is 1. The summed E-state index contributed by atoms with van der Waals surface area (Å²) in [5.41, 5.74) is 7.04. The zero-order valence-electron chi connectivity index (χ0n) is 13.5. The van der Waals surface area contributed by atoms with E-state index in [9.17, 15) is 9.18 Å². The molecule has 0 saturated heterocycles. The Morgan fingerprint density at radius 1 is 1.40 bits per heavy atom. The van der Waals surface area contributed by atoms with Crippen LogP contribution in [0.1, 0.15) is 17.2 Å². The first-order chi connectivity index (χ1) is 11.9. The lowest BCUT2D eigenvalue weighted by atomic mass is 9.94. The van der Waals surface area contributed by atoms with Crippen LogP contribution in [0.2, 0.25) is 0 Å². The molecule has 0 aromatic heterocycles. The lowest BCUT2D eigenvalue weighted by molar-refractivity contribution is -0.114. The van der Waals surface area contributed by atoms with Gasteiger partial charge in [0.05, 0.1) is 7.11 Å². The van der Waals surface area contributed by atoms with Gasteiger partial charge >= 0.3 is 0 Å². The molecule has 2 N–H and O–H groups in total. The second-order valence-corrected chi connectivity index (χ2v) is 6.33. The van der Waals surface area contributed by atoms with Crippen molar-refractivity contribution in [1.82, 2.24) is 4.90 Å². The Morgan fingerprint density at radius 3 is 2.84 bits per heavy atom. The molecule has 1 aliphatic rings. The van der Waals surface area contributed by atoms with Crippen molar-refractivity contribution in [2.24, 2.45) is 10.7 Å². The summed E-state index contributed by atoms with van der Waals surface area (Å²) in [6.45, 7) is 0. The second kappa shape index (κ2) is 6.72. The molecule has 2 aromatic carbocycles. The van der Waals surface area contributed by atoms with Crippen LogP contribution < -0.4 is 15.2 Å². The molecule has 3 rings (SSSR count). The van der Waals surface area contributed by atoms with Crippen LogP contribution in [0, 0.1) is 5.82 Å². The number of ether oxygens (including phenoxy) is 2. The van der Waals surface area contributed by atoms with Crippen molar-refractivity contribution in [3.8, 4) is 17.2 Å². The summed E-state index contributed by atoms with van der Waals surface area (Å²) in [6, 6.07) is 7.52. The molecule has 8 heteroatoms. The standard InChI is InChI=1S/C17H15BrFN3O3/c1-22(8-23)17(20)21-15-11-7-10(24-2)3-4-14(11)25-16-12(15)5-9(18)6-13(16)19/h3-8,15H,1-2H3,(H2,20,21). The summed E-state index contributed by atoms with van der Waals surface area (Å²) in [5.74, 6) is 0.611. The first kappa shape index (κ1) is 17.2. The van der Waals surface area contributed by atoms with E-state index in [-0.39, 0.29) is 11.7 Å². The van der Waals surface area contributed by atoms with Crippen molar-refractivity contribution < 1.29 is 18.7 Å². The normalized spacial score (nSPS) is 15.7. The molecule has 0 bridgehead atoms. The van der Waals surface area contributed by atoms with Gasteiger partial charge in [0.25, 0.3) is 0 Å². The van der Waals surface area contributed by atoms with Gasteiger partial charge in [0.15, 0.2) is 17.5 Å². The molecule has 0 saturated carbocycles. The van der Waals surface area contributed by atoms with Gasteiger partial charge in [-0.2, -0.15) is 0 Å². The highest BCUT2D eigenvalue weighted by Gasteiger charge is 2.31. The molecular formula is C17H15BrFN3O3. The number of carbonyl (C=O) groups excluding carboxylic acids is 1. The van der Waals surface area contributed by atoms with Gasteiger partial charge in [0, 0.05) is 22.6 Å². The number of nitrogens with zero attached hydrogens (tertiary/aromatic N) is 2. The predicted molar refractivity (Wildman–Crippen MR) is 94.5 cm³/mol. The minimum atomic E-state index is -0.650. The highest BCUT2D eigenvalue weighted by atomic mass is 79.9. The van der Waals surface area contributed by atoms with Crippen molar-refractivity contribution >= 4 is 28.3 Å². The third kappa shape index (κ3) is 3.17. The molecule has 1 amide bonds. The van der Waals surface area contributed by atoms with E-state index in [1.807, 2.05) is 0 Å². The molecule has 6 nitrogen and oxygen atoms in total.